The van der Waals surface area contributed by atoms with Crippen LogP contribution in [0.4, 0.5) is 4.39 Å². The molecule has 1 aromatic rings. The molecule has 0 saturated heterocycles. The average Bonchev–Trinajstić information content (AvgIpc) is 2.53. The van der Waals surface area contributed by atoms with Gasteiger partial charge in [0.1, 0.15) is 5.82 Å². The van der Waals surface area contributed by atoms with Gasteiger partial charge in [0.15, 0.2) is 0 Å². The van der Waals surface area contributed by atoms with E-state index in [9.17, 15) is 9.18 Å². The van der Waals surface area contributed by atoms with Crippen LogP contribution in [0.25, 0.3) is 0 Å². The van der Waals surface area contributed by atoms with Crippen LogP contribution in [0, 0.1) is 11.7 Å². The van der Waals surface area contributed by atoms with Crippen molar-refractivity contribution in [2.45, 2.75) is 51.0 Å². The Morgan fingerprint density at radius 2 is 2.00 bits per heavy atom. The van der Waals surface area contributed by atoms with Crippen LogP contribution in [-0.2, 0) is 11.2 Å². The highest BCUT2D eigenvalue weighted by molar-refractivity contribution is 5.81. The van der Waals surface area contributed by atoms with Crippen molar-refractivity contribution in [2.24, 2.45) is 11.7 Å². The third kappa shape index (κ3) is 4.81. The Morgan fingerprint density at radius 1 is 1.29 bits per heavy atom. The van der Waals surface area contributed by atoms with E-state index in [0.717, 1.165) is 19.3 Å². The molecule has 1 saturated carbocycles. The van der Waals surface area contributed by atoms with E-state index in [-0.39, 0.29) is 11.7 Å². The Kier molecular flexibility index (Phi) is 6.18. The summed E-state index contributed by atoms with van der Waals surface area (Å²) in [5.74, 6) is 0.0866. The first kappa shape index (κ1) is 16.0. The number of hydrogen-bond acceptors (Lipinski definition) is 2. The Hall–Kier alpha value is -1.42. The van der Waals surface area contributed by atoms with Crippen LogP contribution in [-0.4, -0.2) is 18.5 Å². The van der Waals surface area contributed by atoms with Gasteiger partial charge in [0, 0.05) is 6.54 Å². The van der Waals surface area contributed by atoms with Crippen LogP contribution in [0.1, 0.15) is 44.1 Å². The van der Waals surface area contributed by atoms with Gasteiger partial charge in [-0.05, 0) is 43.2 Å². The zero-order valence-corrected chi connectivity index (χ0v) is 12.5. The zero-order chi connectivity index (χ0) is 15.1. The van der Waals surface area contributed by atoms with Gasteiger partial charge >= 0.3 is 0 Å². The zero-order valence-electron chi connectivity index (χ0n) is 12.5. The largest absolute Gasteiger partial charge is 0.355 e. The number of nitrogens with two attached hydrogens (primary N) is 1. The monoisotopic (exact) mass is 292 g/mol. The minimum atomic E-state index is -0.390. The lowest BCUT2D eigenvalue weighted by Gasteiger charge is -2.26. The summed E-state index contributed by atoms with van der Waals surface area (Å²) in [6.07, 6.45) is 7.09. The first-order valence-corrected chi connectivity index (χ1v) is 7.95. The lowest BCUT2D eigenvalue weighted by atomic mass is 9.84. The van der Waals surface area contributed by atoms with E-state index in [1.165, 1.54) is 25.3 Å². The van der Waals surface area contributed by atoms with Crippen LogP contribution in [0.15, 0.2) is 24.3 Å². The standard InChI is InChI=1S/C17H25FN2O/c18-15-11-5-4-7-13(15)10-6-12-20-17(21)16(19)14-8-2-1-3-9-14/h4-5,7,11,14,16H,1-3,6,8-10,12,19H2,(H,20,21)/t16-/m0/s1. The maximum atomic E-state index is 13.4. The molecule has 0 aromatic heterocycles. The van der Waals surface area contributed by atoms with E-state index >= 15 is 0 Å². The molecule has 2 rings (SSSR count). The molecule has 116 valence electrons. The van der Waals surface area contributed by atoms with E-state index in [1.807, 2.05) is 6.07 Å². The summed E-state index contributed by atoms with van der Waals surface area (Å²) in [5.41, 5.74) is 6.73. The molecule has 1 atom stereocenters. The topological polar surface area (TPSA) is 55.1 Å². The lowest BCUT2D eigenvalue weighted by Crippen LogP contribution is -2.46. The van der Waals surface area contributed by atoms with Crippen molar-refractivity contribution >= 4 is 5.91 Å². The van der Waals surface area contributed by atoms with Crippen molar-refractivity contribution in [3.05, 3.63) is 35.6 Å². The molecule has 0 heterocycles. The van der Waals surface area contributed by atoms with Gasteiger partial charge in [-0.2, -0.15) is 0 Å². The predicted molar refractivity (Wildman–Crippen MR) is 82.3 cm³/mol. The molecule has 3 N–H and O–H groups in total. The fourth-order valence-corrected chi connectivity index (χ4v) is 3.02. The van der Waals surface area contributed by atoms with E-state index in [2.05, 4.69) is 5.32 Å². The molecule has 1 aromatic carbocycles. The van der Waals surface area contributed by atoms with Crippen molar-refractivity contribution in [3.8, 4) is 0 Å². The highest BCUT2D eigenvalue weighted by Crippen LogP contribution is 2.25. The highest BCUT2D eigenvalue weighted by atomic mass is 19.1. The van der Waals surface area contributed by atoms with Gasteiger partial charge in [-0.15, -0.1) is 0 Å². The maximum Gasteiger partial charge on any atom is 0.237 e. The Balaban J connectivity index is 1.68. The van der Waals surface area contributed by atoms with Crippen LogP contribution < -0.4 is 11.1 Å². The number of carbonyl (C=O) groups is 1. The molecule has 1 aliphatic rings. The Bertz CT molecular complexity index is 458. The molecule has 1 amide bonds. The van der Waals surface area contributed by atoms with Gasteiger partial charge in [0.05, 0.1) is 6.04 Å². The van der Waals surface area contributed by atoms with Crippen molar-refractivity contribution < 1.29 is 9.18 Å². The average molecular weight is 292 g/mol. The highest BCUT2D eigenvalue weighted by Gasteiger charge is 2.25. The number of amides is 1. The summed E-state index contributed by atoms with van der Waals surface area (Å²) in [6, 6.07) is 6.37. The second-order valence-corrected chi connectivity index (χ2v) is 5.91. The number of carbonyl (C=O) groups excluding carboxylic acids is 1. The number of halogens is 1. The summed E-state index contributed by atoms with van der Waals surface area (Å²) in [7, 11) is 0. The van der Waals surface area contributed by atoms with Crippen LogP contribution in [0.2, 0.25) is 0 Å². The summed E-state index contributed by atoms with van der Waals surface area (Å²) < 4.78 is 13.4. The molecule has 0 spiro atoms. The molecule has 3 nitrogen and oxygen atoms in total. The second-order valence-electron chi connectivity index (χ2n) is 5.91. The fourth-order valence-electron chi connectivity index (χ4n) is 3.02. The van der Waals surface area contributed by atoms with Gasteiger partial charge in [-0.3, -0.25) is 4.79 Å². The van der Waals surface area contributed by atoms with Gasteiger partial charge in [0.25, 0.3) is 0 Å². The van der Waals surface area contributed by atoms with E-state index in [0.29, 0.717) is 24.4 Å². The summed E-state index contributed by atoms with van der Waals surface area (Å²) in [5, 5.41) is 2.88. The number of nitrogens with one attached hydrogen (secondary N) is 1. The Morgan fingerprint density at radius 3 is 2.71 bits per heavy atom. The minimum absolute atomic E-state index is 0.0598. The fraction of sp³-hybridized carbons (Fsp3) is 0.588. The van der Waals surface area contributed by atoms with Crippen molar-refractivity contribution in [2.75, 3.05) is 6.54 Å². The summed E-state index contributed by atoms with van der Waals surface area (Å²) in [6.45, 7) is 0.549. The third-order valence-corrected chi connectivity index (χ3v) is 4.34. The van der Waals surface area contributed by atoms with Crippen molar-refractivity contribution in [3.63, 3.8) is 0 Å². The smallest absolute Gasteiger partial charge is 0.237 e. The molecule has 21 heavy (non-hydrogen) atoms. The van der Waals surface area contributed by atoms with Crippen LogP contribution in [0.5, 0.6) is 0 Å². The van der Waals surface area contributed by atoms with Gasteiger partial charge < -0.3 is 11.1 Å². The molecule has 0 unspecified atom stereocenters. The predicted octanol–water partition coefficient (Wildman–Crippen LogP) is 2.78. The normalized spacial score (nSPS) is 17.4. The molecular formula is C17H25FN2O. The molecule has 1 fully saturated rings. The lowest BCUT2D eigenvalue weighted by molar-refractivity contribution is -0.123. The first-order chi connectivity index (χ1) is 10.2. The molecule has 0 bridgehead atoms. The second kappa shape index (κ2) is 8.13. The van der Waals surface area contributed by atoms with Gasteiger partial charge in [-0.25, -0.2) is 4.39 Å². The minimum Gasteiger partial charge on any atom is -0.355 e. The number of rotatable bonds is 6. The quantitative estimate of drug-likeness (QED) is 0.792. The number of aryl methyl sites for hydroxylation is 1. The van der Waals surface area contributed by atoms with Crippen molar-refractivity contribution in [1.29, 1.82) is 0 Å². The van der Waals surface area contributed by atoms with Crippen LogP contribution in [0.3, 0.4) is 0 Å². The molecule has 1 aliphatic carbocycles. The SMILES string of the molecule is N[C@H](C(=O)NCCCc1ccccc1F)C1CCCCC1. The van der Waals surface area contributed by atoms with E-state index in [1.54, 1.807) is 12.1 Å². The van der Waals surface area contributed by atoms with Gasteiger partial charge in [-0.1, -0.05) is 37.5 Å². The van der Waals surface area contributed by atoms with E-state index in [4.69, 9.17) is 5.73 Å². The molecular weight excluding hydrogens is 267 g/mol. The summed E-state index contributed by atoms with van der Waals surface area (Å²) >= 11 is 0. The number of hydrogen-bond donors (Lipinski definition) is 2. The van der Waals surface area contributed by atoms with Crippen molar-refractivity contribution in [1.82, 2.24) is 5.32 Å². The summed E-state index contributed by atoms with van der Waals surface area (Å²) in [4.78, 5) is 12.0. The van der Waals surface area contributed by atoms with E-state index < -0.39 is 6.04 Å². The van der Waals surface area contributed by atoms with Gasteiger partial charge in [0.2, 0.25) is 5.91 Å². The number of benzene rings is 1. The maximum absolute atomic E-state index is 13.4. The molecule has 0 aliphatic heterocycles. The van der Waals surface area contributed by atoms with Crippen LogP contribution >= 0.6 is 0 Å². The first-order valence-electron chi connectivity index (χ1n) is 7.95. The molecule has 0 radical (unpaired) electrons. The third-order valence-electron chi connectivity index (χ3n) is 4.34. The Labute approximate surface area is 126 Å². The molecule has 4 heteroatoms.